The van der Waals surface area contributed by atoms with Gasteiger partial charge in [-0.1, -0.05) is 0 Å². The van der Waals surface area contributed by atoms with Gasteiger partial charge in [0.1, 0.15) is 0 Å². The Morgan fingerprint density at radius 2 is 1.82 bits per heavy atom. The van der Waals surface area contributed by atoms with Gasteiger partial charge in [-0.05, 0) is 49.9 Å². The third-order valence-corrected chi connectivity index (χ3v) is 4.61. The second-order valence-electron chi connectivity index (χ2n) is 5.31. The summed E-state index contributed by atoms with van der Waals surface area (Å²) in [6.45, 7) is 1.45. The molecule has 0 saturated carbocycles. The first kappa shape index (κ1) is 14.7. The molecule has 6 heteroatoms. The van der Waals surface area contributed by atoms with E-state index in [1.54, 1.807) is 35.6 Å². The molecule has 2 N–H and O–H groups in total. The minimum atomic E-state index is -0.180. The van der Waals surface area contributed by atoms with E-state index in [1.165, 1.54) is 24.6 Å². The van der Waals surface area contributed by atoms with Crippen LogP contribution in [0.4, 0.5) is 10.8 Å². The van der Waals surface area contributed by atoms with Crippen molar-refractivity contribution in [1.82, 2.24) is 4.98 Å². The Balaban J connectivity index is 1.68. The van der Waals surface area contributed by atoms with Gasteiger partial charge in [-0.25, -0.2) is 4.98 Å². The summed E-state index contributed by atoms with van der Waals surface area (Å²) in [6.07, 6.45) is 4.45. The largest absolute Gasteiger partial charge is 0.326 e. The number of hydrogen-bond acceptors (Lipinski definition) is 4. The second-order valence-corrected chi connectivity index (χ2v) is 6.39. The second kappa shape index (κ2) is 6.27. The van der Waals surface area contributed by atoms with Gasteiger partial charge in [0, 0.05) is 23.1 Å². The molecule has 2 aromatic rings. The van der Waals surface area contributed by atoms with Crippen LogP contribution in [-0.4, -0.2) is 16.8 Å². The van der Waals surface area contributed by atoms with Crippen LogP contribution >= 0.6 is 11.3 Å². The van der Waals surface area contributed by atoms with Crippen molar-refractivity contribution < 1.29 is 9.59 Å². The van der Waals surface area contributed by atoms with Crippen LogP contribution in [0, 0.1) is 0 Å². The van der Waals surface area contributed by atoms with Crippen molar-refractivity contribution in [3.8, 4) is 0 Å². The monoisotopic (exact) mass is 315 g/mol. The van der Waals surface area contributed by atoms with Crippen molar-refractivity contribution >= 4 is 34.0 Å². The van der Waals surface area contributed by atoms with Crippen molar-refractivity contribution in [3.63, 3.8) is 0 Å². The van der Waals surface area contributed by atoms with Crippen LogP contribution in [-0.2, 0) is 17.6 Å². The minimum absolute atomic E-state index is 0.134. The predicted molar refractivity (Wildman–Crippen MR) is 87.5 cm³/mol. The summed E-state index contributed by atoms with van der Waals surface area (Å²) < 4.78 is 0. The summed E-state index contributed by atoms with van der Waals surface area (Å²) in [5, 5.41) is 6.20. The fourth-order valence-electron chi connectivity index (χ4n) is 2.48. The summed E-state index contributed by atoms with van der Waals surface area (Å²) in [5.41, 5.74) is 2.35. The quantitative estimate of drug-likeness (QED) is 0.913. The van der Waals surface area contributed by atoms with Gasteiger partial charge >= 0.3 is 0 Å². The van der Waals surface area contributed by atoms with E-state index in [1.807, 2.05) is 0 Å². The van der Waals surface area contributed by atoms with Crippen molar-refractivity contribution in [2.24, 2.45) is 0 Å². The van der Waals surface area contributed by atoms with Gasteiger partial charge in [0.25, 0.3) is 5.91 Å². The lowest BCUT2D eigenvalue weighted by atomic mass is 10.0. The molecule has 0 aliphatic heterocycles. The fourth-order valence-corrected chi connectivity index (χ4v) is 3.53. The fraction of sp³-hybridized carbons (Fsp3) is 0.312. The molecule has 22 heavy (non-hydrogen) atoms. The number of rotatable bonds is 3. The van der Waals surface area contributed by atoms with E-state index in [2.05, 4.69) is 15.6 Å². The van der Waals surface area contributed by atoms with E-state index in [-0.39, 0.29) is 11.8 Å². The zero-order valence-corrected chi connectivity index (χ0v) is 13.1. The molecule has 1 aliphatic rings. The average Bonchev–Trinajstić information content (AvgIpc) is 2.89. The molecule has 0 bridgehead atoms. The van der Waals surface area contributed by atoms with Crippen LogP contribution in [0.15, 0.2) is 24.3 Å². The molecule has 3 rings (SSSR count). The van der Waals surface area contributed by atoms with Crippen LogP contribution in [0.25, 0.3) is 0 Å². The third-order valence-electron chi connectivity index (χ3n) is 3.53. The number of aromatic nitrogens is 1. The normalized spacial score (nSPS) is 13.3. The van der Waals surface area contributed by atoms with E-state index in [0.29, 0.717) is 16.4 Å². The molecule has 0 saturated heterocycles. The molecule has 1 aliphatic carbocycles. The third kappa shape index (κ3) is 3.33. The molecule has 0 unspecified atom stereocenters. The van der Waals surface area contributed by atoms with E-state index >= 15 is 0 Å². The average molecular weight is 315 g/mol. The summed E-state index contributed by atoms with van der Waals surface area (Å²) >= 11 is 1.57. The van der Waals surface area contributed by atoms with Gasteiger partial charge in [-0.15, -0.1) is 11.3 Å². The number of carbonyl (C=O) groups is 2. The van der Waals surface area contributed by atoms with Gasteiger partial charge in [-0.3, -0.25) is 14.9 Å². The minimum Gasteiger partial charge on any atom is -0.326 e. The summed E-state index contributed by atoms with van der Waals surface area (Å²) in [4.78, 5) is 29.0. The number of nitrogens with zero attached hydrogens (tertiary/aromatic N) is 1. The Labute approximate surface area is 132 Å². The Hall–Kier alpha value is -2.21. The van der Waals surface area contributed by atoms with Crippen molar-refractivity contribution in [3.05, 3.63) is 40.4 Å². The number of hydrogen-bond donors (Lipinski definition) is 2. The maximum Gasteiger partial charge on any atom is 0.257 e. The molecule has 0 atom stereocenters. The number of aryl methyl sites for hydroxylation is 2. The Bertz CT molecular complexity index is 683. The first-order valence-corrected chi connectivity index (χ1v) is 8.11. The lowest BCUT2D eigenvalue weighted by Gasteiger charge is -2.06. The smallest absolute Gasteiger partial charge is 0.257 e. The Morgan fingerprint density at radius 3 is 2.50 bits per heavy atom. The molecule has 0 spiro atoms. The number of carbonyl (C=O) groups excluding carboxylic acids is 2. The van der Waals surface area contributed by atoms with Crippen LogP contribution in [0.3, 0.4) is 0 Å². The van der Waals surface area contributed by atoms with Crippen LogP contribution < -0.4 is 10.6 Å². The van der Waals surface area contributed by atoms with E-state index in [9.17, 15) is 9.59 Å². The van der Waals surface area contributed by atoms with Crippen LogP contribution in [0.1, 0.15) is 40.7 Å². The number of nitrogens with one attached hydrogen (secondary N) is 2. The molecular weight excluding hydrogens is 298 g/mol. The zero-order valence-electron chi connectivity index (χ0n) is 12.3. The van der Waals surface area contributed by atoms with Gasteiger partial charge in [-0.2, -0.15) is 0 Å². The van der Waals surface area contributed by atoms with Crippen molar-refractivity contribution in [1.29, 1.82) is 0 Å². The molecule has 1 aromatic heterocycles. The lowest BCUT2D eigenvalue weighted by molar-refractivity contribution is -0.114. The number of anilines is 2. The predicted octanol–water partition coefficient (Wildman–Crippen LogP) is 3.23. The van der Waals surface area contributed by atoms with Crippen molar-refractivity contribution in [2.45, 2.75) is 32.6 Å². The van der Waals surface area contributed by atoms with Gasteiger partial charge in [0.2, 0.25) is 5.91 Å². The highest BCUT2D eigenvalue weighted by Gasteiger charge is 2.16. The summed E-state index contributed by atoms with van der Waals surface area (Å²) in [7, 11) is 0. The van der Waals surface area contributed by atoms with Gasteiger partial charge in [0.15, 0.2) is 5.13 Å². The molecule has 0 radical (unpaired) electrons. The highest BCUT2D eigenvalue weighted by atomic mass is 32.1. The summed E-state index contributed by atoms with van der Waals surface area (Å²) in [6, 6.07) is 6.80. The molecule has 114 valence electrons. The highest BCUT2D eigenvalue weighted by Crippen LogP contribution is 2.29. The number of amides is 2. The van der Waals surface area contributed by atoms with Crippen molar-refractivity contribution in [2.75, 3.05) is 10.6 Å². The Kier molecular flexibility index (Phi) is 4.20. The number of benzene rings is 1. The summed E-state index contributed by atoms with van der Waals surface area (Å²) in [5.74, 6) is -0.314. The van der Waals surface area contributed by atoms with Crippen LogP contribution in [0.5, 0.6) is 0 Å². The highest BCUT2D eigenvalue weighted by molar-refractivity contribution is 7.15. The van der Waals surface area contributed by atoms with Crippen LogP contribution in [0.2, 0.25) is 0 Å². The molecule has 1 heterocycles. The standard InChI is InChI=1S/C16H17N3O2S/c1-10(20)17-12-8-6-11(7-9-12)15(21)19-16-18-13-4-2-3-5-14(13)22-16/h6-9H,2-5H2,1H3,(H,17,20)(H,18,19,21). The van der Waals surface area contributed by atoms with E-state index < -0.39 is 0 Å². The molecule has 2 amide bonds. The van der Waals surface area contributed by atoms with Gasteiger partial charge in [0.05, 0.1) is 5.69 Å². The van der Waals surface area contributed by atoms with E-state index in [4.69, 9.17) is 0 Å². The maximum atomic E-state index is 12.2. The molecule has 1 aromatic carbocycles. The molecular formula is C16H17N3O2S. The topological polar surface area (TPSA) is 71.1 Å². The molecule has 0 fully saturated rings. The number of thiazole rings is 1. The molecule has 5 nitrogen and oxygen atoms in total. The number of fused-ring (bicyclic) bond motifs is 1. The lowest BCUT2D eigenvalue weighted by Crippen LogP contribution is -2.12. The SMILES string of the molecule is CC(=O)Nc1ccc(C(=O)Nc2nc3c(s2)CCCC3)cc1. The Morgan fingerprint density at radius 1 is 1.09 bits per heavy atom. The maximum absolute atomic E-state index is 12.2. The van der Waals surface area contributed by atoms with Gasteiger partial charge < -0.3 is 5.32 Å². The first-order valence-electron chi connectivity index (χ1n) is 7.29. The zero-order chi connectivity index (χ0) is 15.5. The first-order chi connectivity index (χ1) is 10.6. The van der Waals surface area contributed by atoms with E-state index in [0.717, 1.165) is 18.5 Å².